The average Bonchev–Trinajstić information content (AvgIpc) is 3.68. The molecule has 2 bridgehead atoms. The van der Waals surface area contributed by atoms with Crippen LogP contribution < -0.4 is 26.6 Å². The number of amides is 1. The van der Waals surface area contributed by atoms with Crippen molar-refractivity contribution in [1.29, 1.82) is 0 Å². The third-order valence-corrected chi connectivity index (χ3v) is 8.97. The molecule has 43 heavy (non-hydrogen) atoms. The third-order valence-electron chi connectivity index (χ3n) is 8.05. The van der Waals surface area contributed by atoms with Gasteiger partial charge in [0.05, 0.1) is 23.5 Å². The molecule has 1 amide bonds. The molecule has 3 aliphatic heterocycles. The van der Waals surface area contributed by atoms with Crippen LogP contribution in [-0.2, 0) is 0 Å². The molecule has 1 aromatic carbocycles. The maximum absolute atomic E-state index is 12.4. The van der Waals surface area contributed by atoms with Crippen molar-refractivity contribution in [1.82, 2.24) is 25.6 Å². The van der Waals surface area contributed by atoms with Gasteiger partial charge >= 0.3 is 0 Å². The Labute approximate surface area is 254 Å². The number of aliphatic imine (C=N–C) groups is 1. The smallest absolute Gasteiger partial charge is 0.257 e. The summed E-state index contributed by atoms with van der Waals surface area (Å²) in [5.74, 6) is 1.46. The standard InChI is InChI=1S/C16H23N5O.C15H17N3O2S/c1-3-4-5-8-18-16(17)21-20-11-12-10-19-15-7-6-13(22-2)9-14(12)15;19-13-10(7-16-11-3-6-21-14(11)13)15(20)17-12-8-18-4-1-9(12)2-5-18/h6-7,9-11,19H,3-5,8H2,1-2H3,(H3,17,18,21);3,6-7,9,12H,1-2,4-5,8H2,(H,16,19)(H,17,20)/b20-11+;/t;12-/m.0/s1. The zero-order chi connectivity index (χ0) is 30.2. The molecule has 4 aromatic rings. The molecule has 228 valence electrons. The number of hydrogen-bond acceptors (Lipinski definition) is 7. The first-order valence-corrected chi connectivity index (χ1v) is 15.7. The summed E-state index contributed by atoms with van der Waals surface area (Å²) in [6.45, 7) is 6.07. The van der Waals surface area contributed by atoms with Crippen molar-refractivity contribution in [2.45, 2.75) is 45.1 Å². The Balaban J connectivity index is 0.000000171. The van der Waals surface area contributed by atoms with Gasteiger partial charge in [-0.15, -0.1) is 11.3 Å². The number of piperidine rings is 3. The number of carbonyl (C=O) groups excluding carboxylic acids is 1. The Morgan fingerprint density at radius 3 is 2.74 bits per heavy atom. The Morgan fingerprint density at radius 1 is 1.19 bits per heavy atom. The van der Waals surface area contributed by atoms with Gasteiger partial charge in [0.1, 0.15) is 11.3 Å². The molecule has 11 nitrogen and oxygen atoms in total. The number of thiophene rings is 1. The molecule has 0 spiro atoms. The van der Waals surface area contributed by atoms with E-state index in [1.165, 1.54) is 24.0 Å². The van der Waals surface area contributed by atoms with Gasteiger partial charge in [-0.2, -0.15) is 5.10 Å². The fourth-order valence-corrected chi connectivity index (χ4v) is 6.41. The lowest BCUT2D eigenvalue weighted by Crippen LogP contribution is -2.57. The number of hydrazone groups is 1. The van der Waals surface area contributed by atoms with Gasteiger partial charge in [-0.25, -0.2) is 5.43 Å². The number of rotatable bonds is 9. The number of ether oxygens (including phenoxy) is 1. The number of pyridine rings is 1. The number of unbranched alkanes of at least 4 members (excludes halogenated alkanes) is 2. The van der Waals surface area contributed by atoms with Crippen molar-refractivity contribution >= 4 is 50.5 Å². The monoisotopic (exact) mass is 604 g/mol. The SMILES string of the molecule is CCCCCN=C(N)N/N=C/c1c[nH]c2ccc(OC)cc12.O=C(N[C@H]1CN2CCC1CC2)c1c[nH]c2ccsc2c1=O. The average molecular weight is 605 g/mol. The molecule has 0 aliphatic carbocycles. The topological polar surface area (TPSA) is 153 Å². The van der Waals surface area contributed by atoms with Crippen molar-refractivity contribution < 1.29 is 9.53 Å². The number of fused-ring (bicyclic) bond motifs is 5. The van der Waals surface area contributed by atoms with E-state index in [4.69, 9.17) is 10.5 Å². The summed E-state index contributed by atoms with van der Waals surface area (Å²) in [5.41, 5.74) is 11.3. The molecule has 0 unspecified atom stereocenters. The molecule has 6 N–H and O–H groups in total. The highest BCUT2D eigenvalue weighted by Gasteiger charge is 2.35. The zero-order valence-corrected chi connectivity index (χ0v) is 25.5. The molecular formula is C31H40N8O3S. The number of hydrogen-bond donors (Lipinski definition) is 5. The molecule has 0 radical (unpaired) electrons. The maximum Gasteiger partial charge on any atom is 0.257 e. The summed E-state index contributed by atoms with van der Waals surface area (Å²) in [6.07, 6.45) is 10.8. The summed E-state index contributed by atoms with van der Waals surface area (Å²) in [6, 6.07) is 7.89. The van der Waals surface area contributed by atoms with Crippen LogP contribution in [0.2, 0.25) is 0 Å². The van der Waals surface area contributed by atoms with E-state index < -0.39 is 0 Å². The number of nitrogens with one attached hydrogen (secondary N) is 4. The van der Waals surface area contributed by atoms with Crippen LogP contribution >= 0.6 is 11.3 Å². The highest BCUT2D eigenvalue weighted by molar-refractivity contribution is 7.17. The predicted octanol–water partition coefficient (Wildman–Crippen LogP) is 4.02. The minimum Gasteiger partial charge on any atom is -0.497 e. The van der Waals surface area contributed by atoms with Crippen LogP contribution in [0.25, 0.3) is 21.1 Å². The fourth-order valence-electron chi connectivity index (χ4n) is 5.60. The zero-order valence-electron chi connectivity index (χ0n) is 24.7. The second-order valence-electron chi connectivity index (χ2n) is 10.9. The van der Waals surface area contributed by atoms with E-state index >= 15 is 0 Å². The number of guanidine groups is 1. The highest BCUT2D eigenvalue weighted by Crippen LogP contribution is 2.27. The first-order chi connectivity index (χ1) is 21.0. The lowest BCUT2D eigenvalue weighted by molar-refractivity contribution is 0.0620. The Morgan fingerprint density at radius 2 is 2.00 bits per heavy atom. The van der Waals surface area contributed by atoms with Crippen LogP contribution in [-0.4, -0.2) is 72.3 Å². The molecule has 6 heterocycles. The normalized spacial score (nSPS) is 19.9. The summed E-state index contributed by atoms with van der Waals surface area (Å²) >= 11 is 1.37. The Kier molecular flexibility index (Phi) is 10.1. The van der Waals surface area contributed by atoms with Crippen molar-refractivity contribution in [2.75, 3.05) is 33.3 Å². The molecule has 3 fully saturated rings. The molecule has 3 saturated heterocycles. The van der Waals surface area contributed by atoms with E-state index in [2.05, 4.69) is 42.6 Å². The summed E-state index contributed by atoms with van der Waals surface area (Å²) in [4.78, 5) is 37.6. The van der Waals surface area contributed by atoms with Gasteiger partial charge in [-0.1, -0.05) is 19.8 Å². The molecule has 1 atom stereocenters. The number of aromatic amines is 2. The van der Waals surface area contributed by atoms with Crippen molar-refractivity contribution in [2.24, 2.45) is 21.7 Å². The number of nitrogens with zero attached hydrogens (tertiary/aromatic N) is 3. The molecule has 3 aliphatic rings. The summed E-state index contributed by atoms with van der Waals surface area (Å²) in [5, 5.41) is 10.1. The second kappa shape index (κ2) is 14.3. The summed E-state index contributed by atoms with van der Waals surface area (Å²) in [7, 11) is 1.65. The first kappa shape index (κ1) is 30.3. The van der Waals surface area contributed by atoms with Crippen LogP contribution in [0, 0.1) is 5.92 Å². The third kappa shape index (κ3) is 7.44. The van der Waals surface area contributed by atoms with Crippen LogP contribution in [0.1, 0.15) is 54.9 Å². The van der Waals surface area contributed by atoms with Crippen LogP contribution in [0.15, 0.2) is 56.9 Å². The van der Waals surface area contributed by atoms with Crippen LogP contribution in [0.5, 0.6) is 5.75 Å². The fraction of sp³-hybridized carbons (Fsp3) is 0.419. The van der Waals surface area contributed by atoms with Crippen LogP contribution in [0.3, 0.4) is 0 Å². The van der Waals surface area contributed by atoms with Gasteiger partial charge in [0.2, 0.25) is 11.4 Å². The van der Waals surface area contributed by atoms with E-state index in [0.717, 1.165) is 79.6 Å². The van der Waals surface area contributed by atoms with Gasteiger partial charge in [0.15, 0.2) is 0 Å². The predicted molar refractivity (Wildman–Crippen MR) is 174 cm³/mol. The van der Waals surface area contributed by atoms with Crippen molar-refractivity contribution in [3.05, 3.63) is 63.4 Å². The van der Waals surface area contributed by atoms with E-state index in [1.807, 2.05) is 35.8 Å². The number of nitrogens with two attached hydrogens (primary N) is 1. The van der Waals surface area contributed by atoms with E-state index in [-0.39, 0.29) is 22.9 Å². The van der Waals surface area contributed by atoms with E-state index in [0.29, 0.717) is 16.6 Å². The number of carbonyl (C=O) groups is 1. The van der Waals surface area contributed by atoms with Crippen LogP contribution in [0.4, 0.5) is 0 Å². The van der Waals surface area contributed by atoms with Gasteiger partial charge in [-0.05, 0) is 67.9 Å². The quantitative estimate of drug-likeness (QED) is 0.0842. The minimum absolute atomic E-state index is 0.169. The number of aromatic nitrogens is 2. The second-order valence-corrected chi connectivity index (χ2v) is 11.8. The number of H-pyrrole nitrogens is 2. The number of benzene rings is 1. The Bertz CT molecular complexity index is 1650. The van der Waals surface area contributed by atoms with Gasteiger partial charge in [0, 0.05) is 48.0 Å². The molecule has 3 aromatic heterocycles. The highest BCUT2D eigenvalue weighted by atomic mass is 32.1. The van der Waals surface area contributed by atoms with Gasteiger partial charge < -0.3 is 30.7 Å². The minimum atomic E-state index is -0.245. The van der Waals surface area contributed by atoms with Gasteiger partial charge in [-0.3, -0.25) is 14.6 Å². The lowest BCUT2D eigenvalue weighted by atomic mass is 9.84. The van der Waals surface area contributed by atoms with E-state index in [1.54, 1.807) is 13.3 Å². The first-order valence-electron chi connectivity index (χ1n) is 14.8. The lowest BCUT2D eigenvalue weighted by Gasteiger charge is -2.44. The molecular weight excluding hydrogens is 564 g/mol. The van der Waals surface area contributed by atoms with Gasteiger partial charge in [0.25, 0.3) is 5.91 Å². The van der Waals surface area contributed by atoms with Crippen molar-refractivity contribution in [3.8, 4) is 5.75 Å². The number of methoxy groups -OCH3 is 1. The molecule has 0 saturated carbocycles. The largest absolute Gasteiger partial charge is 0.497 e. The molecule has 7 rings (SSSR count). The van der Waals surface area contributed by atoms with Crippen molar-refractivity contribution in [3.63, 3.8) is 0 Å². The molecule has 12 heteroatoms. The maximum atomic E-state index is 12.4. The van der Waals surface area contributed by atoms with E-state index in [9.17, 15) is 9.59 Å². The summed E-state index contributed by atoms with van der Waals surface area (Å²) < 4.78 is 5.86. The Hall–Kier alpha value is -4.16.